The first-order valence-electron chi connectivity index (χ1n) is 11.9. The standard InChI is InChI=1S/C24H27N5O9S/c1-14-25-12-17(29(35)36)27(14)9-10-37-18(31)11-24(22(33)34)23(2,3)39-21-19(20(32)28(21)24)26-16(30)13-38-15-7-5-4-6-8-15/h4-8,12,19,21H,9-11,13H2,1-3H3,(H,26,30)(H,33,34)/t19-,21-,24+/m1/s1. The molecule has 0 radical (unpaired) electrons. The van der Waals surface area contributed by atoms with Crippen LogP contribution in [-0.2, 0) is 30.5 Å². The first-order chi connectivity index (χ1) is 18.4. The number of carbonyl (C=O) groups is 4. The van der Waals surface area contributed by atoms with E-state index >= 15 is 0 Å². The van der Waals surface area contributed by atoms with Crippen LogP contribution in [0.5, 0.6) is 5.75 Å². The van der Waals surface area contributed by atoms with Crippen molar-refractivity contribution in [3.63, 3.8) is 0 Å². The number of carboxylic acid groups (broad SMARTS) is 1. The lowest BCUT2D eigenvalue weighted by atomic mass is 9.78. The maximum absolute atomic E-state index is 13.1. The van der Waals surface area contributed by atoms with Gasteiger partial charge in [-0.2, -0.15) is 0 Å². The highest BCUT2D eigenvalue weighted by Gasteiger charge is 2.73. The predicted octanol–water partition coefficient (Wildman–Crippen LogP) is 1.11. The summed E-state index contributed by atoms with van der Waals surface area (Å²) in [7, 11) is 0. The first-order valence-corrected chi connectivity index (χ1v) is 12.8. The van der Waals surface area contributed by atoms with Crippen LogP contribution >= 0.6 is 11.8 Å². The van der Waals surface area contributed by atoms with E-state index in [9.17, 15) is 34.4 Å². The van der Waals surface area contributed by atoms with Crippen LogP contribution in [0.15, 0.2) is 36.5 Å². The Bertz CT molecular complexity index is 1310. The number of nitrogens with one attached hydrogen (secondary N) is 1. The molecule has 208 valence electrons. The number of nitro groups is 1. The maximum atomic E-state index is 13.1. The molecule has 0 unspecified atom stereocenters. The van der Waals surface area contributed by atoms with Crippen molar-refractivity contribution in [3.05, 3.63) is 52.5 Å². The number of rotatable bonds is 11. The highest BCUT2D eigenvalue weighted by atomic mass is 32.2. The topological polar surface area (TPSA) is 183 Å². The van der Waals surface area contributed by atoms with E-state index in [1.807, 2.05) is 0 Å². The number of carboxylic acids is 1. The Morgan fingerprint density at radius 1 is 1.26 bits per heavy atom. The molecular formula is C24H27N5O9S. The number of esters is 1. The quantitative estimate of drug-likeness (QED) is 0.173. The average Bonchev–Trinajstić information content (AvgIpc) is 3.35. The molecule has 2 aromatic rings. The third-order valence-electron chi connectivity index (χ3n) is 6.85. The third-order valence-corrected chi connectivity index (χ3v) is 8.50. The second-order valence-electron chi connectivity index (χ2n) is 9.51. The summed E-state index contributed by atoms with van der Waals surface area (Å²) in [5.74, 6) is -2.89. The fourth-order valence-corrected chi connectivity index (χ4v) is 6.58. The minimum Gasteiger partial charge on any atom is -0.484 e. The summed E-state index contributed by atoms with van der Waals surface area (Å²) in [5.41, 5.74) is -1.94. The number of aromatic nitrogens is 2. The summed E-state index contributed by atoms with van der Waals surface area (Å²) in [4.78, 5) is 66.5. The van der Waals surface area contributed by atoms with E-state index < -0.39 is 56.8 Å². The van der Waals surface area contributed by atoms with Crippen molar-refractivity contribution in [2.45, 2.75) is 55.4 Å². The largest absolute Gasteiger partial charge is 0.484 e. The van der Waals surface area contributed by atoms with Crippen molar-refractivity contribution in [1.29, 1.82) is 0 Å². The number of amides is 2. The van der Waals surface area contributed by atoms with Crippen LogP contribution in [0.3, 0.4) is 0 Å². The number of para-hydroxylation sites is 1. The van der Waals surface area contributed by atoms with Gasteiger partial charge in [0.15, 0.2) is 18.0 Å². The van der Waals surface area contributed by atoms with Crippen molar-refractivity contribution < 1.29 is 38.7 Å². The Kier molecular flexibility index (Phi) is 7.54. The number of hydrogen-bond donors (Lipinski definition) is 2. The summed E-state index contributed by atoms with van der Waals surface area (Å²) in [6.45, 7) is 4.12. The Hall–Kier alpha value is -4.14. The van der Waals surface area contributed by atoms with E-state index in [1.165, 1.54) is 16.3 Å². The van der Waals surface area contributed by atoms with Gasteiger partial charge in [0.2, 0.25) is 5.91 Å². The molecule has 1 aromatic carbocycles. The zero-order valence-corrected chi connectivity index (χ0v) is 22.2. The number of aryl methyl sites for hydroxylation is 1. The van der Waals surface area contributed by atoms with E-state index in [-0.39, 0.29) is 25.6 Å². The van der Waals surface area contributed by atoms with Gasteiger partial charge in [-0.1, -0.05) is 18.2 Å². The van der Waals surface area contributed by atoms with Gasteiger partial charge in [-0.3, -0.25) is 14.4 Å². The van der Waals surface area contributed by atoms with Gasteiger partial charge >= 0.3 is 17.8 Å². The van der Waals surface area contributed by atoms with E-state index in [1.54, 1.807) is 51.1 Å². The summed E-state index contributed by atoms with van der Waals surface area (Å²) < 4.78 is 10.8. The molecule has 14 nitrogen and oxygen atoms in total. The van der Waals surface area contributed by atoms with E-state index in [0.717, 1.165) is 11.1 Å². The van der Waals surface area contributed by atoms with Crippen molar-refractivity contribution in [2.24, 2.45) is 0 Å². The zero-order valence-electron chi connectivity index (χ0n) is 21.4. The Labute approximate surface area is 226 Å². The van der Waals surface area contributed by atoms with Crippen LogP contribution < -0.4 is 10.1 Å². The molecule has 2 aliphatic heterocycles. The van der Waals surface area contributed by atoms with Crippen LogP contribution in [0.4, 0.5) is 5.82 Å². The first kappa shape index (κ1) is 27.9. The molecule has 2 fully saturated rings. The number of benzene rings is 1. The van der Waals surface area contributed by atoms with Crippen LogP contribution in [0.2, 0.25) is 0 Å². The number of hydrogen-bond acceptors (Lipinski definition) is 10. The van der Waals surface area contributed by atoms with Crippen LogP contribution in [0.25, 0.3) is 0 Å². The van der Waals surface area contributed by atoms with Gasteiger partial charge in [-0.15, -0.1) is 11.8 Å². The molecule has 3 heterocycles. The Morgan fingerprint density at radius 3 is 2.59 bits per heavy atom. The number of ether oxygens (including phenoxy) is 2. The lowest BCUT2D eigenvalue weighted by Crippen LogP contribution is -2.76. The normalized spacial score (nSPS) is 22.9. The van der Waals surface area contributed by atoms with Gasteiger partial charge in [0, 0.05) is 11.7 Å². The lowest BCUT2D eigenvalue weighted by Gasteiger charge is -2.49. The molecule has 1 aromatic heterocycles. The lowest BCUT2D eigenvalue weighted by molar-refractivity contribution is -0.392. The second-order valence-corrected chi connectivity index (χ2v) is 11.2. The summed E-state index contributed by atoms with van der Waals surface area (Å²) >= 11 is 1.17. The molecule has 2 amide bonds. The number of imidazole rings is 1. The second kappa shape index (κ2) is 10.6. The monoisotopic (exact) mass is 561 g/mol. The summed E-state index contributed by atoms with van der Waals surface area (Å²) in [5, 5.41) is 23.3. The zero-order chi connectivity index (χ0) is 28.5. The number of carbonyl (C=O) groups excluding carboxylic acids is 3. The predicted molar refractivity (Wildman–Crippen MR) is 136 cm³/mol. The molecule has 2 aliphatic rings. The highest BCUT2D eigenvalue weighted by molar-refractivity contribution is 8.01. The average molecular weight is 562 g/mol. The molecule has 0 aliphatic carbocycles. The molecule has 39 heavy (non-hydrogen) atoms. The van der Waals surface area contributed by atoms with Gasteiger partial charge in [-0.05, 0) is 30.9 Å². The minimum absolute atomic E-state index is 0.0590. The van der Waals surface area contributed by atoms with Gasteiger partial charge in [0.1, 0.15) is 36.5 Å². The summed E-state index contributed by atoms with van der Waals surface area (Å²) in [6, 6.07) is 7.66. The van der Waals surface area contributed by atoms with E-state index in [0.29, 0.717) is 11.6 Å². The third kappa shape index (κ3) is 5.01. The minimum atomic E-state index is -1.94. The smallest absolute Gasteiger partial charge is 0.342 e. The maximum Gasteiger partial charge on any atom is 0.342 e. The molecule has 15 heteroatoms. The van der Waals surface area contributed by atoms with Gasteiger partial charge < -0.3 is 34.9 Å². The van der Waals surface area contributed by atoms with Crippen molar-refractivity contribution in [2.75, 3.05) is 13.2 Å². The number of β-lactam (4-membered cyclic amide) rings is 1. The number of aliphatic carboxylic acids is 1. The van der Waals surface area contributed by atoms with Crippen LogP contribution in [-0.4, -0.2) is 83.1 Å². The number of thioether (sulfide) groups is 1. The number of nitrogens with zero attached hydrogens (tertiary/aromatic N) is 4. The molecule has 4 rings (SSSR count). The molecule has 3 atom stereocenters. The van der Waals surface area contributed by atoms with Gasteiger partial charge in [0.05, 0.1) is 6.42 Å². The van der Waals surface area contributed by atoms with Crippen LogP contribution in [0.1, 0.15) is 26.1 Å². The van der Waals surface area contributed by atoms with Crippen molar-refractivity contribution >= 4 is 41.3 Å². The molecule has 2 N–H and O–H groups in total. The van der Waals surface area contributed by atoms with Gasteiger partial charge in [0.25, 0.3) is 5.91 Å². The summed E-state index contributed by atoms with van der Waals surface area (Å²) in [6.07, 6.45) is 0.445. The Balaban J connectivity index is 1.40. The molecular weight excluding hydrogens is 534 g/mol. The van der Waals surface area contributed by atoms with Crippen LogP contribution in [0, 0.1) is 17.0 Å². The van der Waals surface area contributed by atoms with Crippen molar-refractivity contribution in [1.82, 2.24) is 19.8 Å². The molecule has 2 saturated heterocycles. The SMILES string of the molecule is Cc1ncc([N+](=O)[O-])n1CCOC(=O)C[C@@]1(C(=O)O)N2C(=O)[C@@H](NC(=O)COc3ccccc3)[C@H]2SC1(C)C. The molecule has 0 saturated carbocycles. The van der Waals surface area contributed by atoms with E-state index in [4.69, 9.17) is 9.47 Å². The fourth-order valence-electron chi connectivity index (χ4n) is 4.82. The highest BCUT2D eigenvalue weighted by Crippen LogP contribution is 2.58. The number of fused-ring (bicyclic) bond motifs is 1. The molecule has 0 bridgehead atoms. The van der Waals surface area contributed by atoms with E-state index in [2.05, 4.69) is 10.3 Å². The Morgan fingerprint density at radius 2 is 1.95 bits per heavy atom. The van der Waals surface area contributed by atoms with Crippen molar-refractivity contribution in [3.8, 4) is 5.75 Å². The molecule has 0 spiro atoms. The fraction of sp³-hybridized carbons (Fsp3) is 0.458. The van der Waals surface area contributed by atoms with Gasteiger partial charge in [-0.25, -0.2) is 14.3 Å².